The minimum Gasteiger partial charge on any atom is -0.368 e. The van der Waals surface area contributed by atoms with Crippen LogP contribution in [0.15, 0.2) is 36.7 Å². The highest BCUT2D eigenvalue weighted by Crippen LogP contribution is 2.14. The van der Waals surface area contributed by atoms with Crippen LogP contribution < -0.4 is 11.1 Å². The van der Waals surface area contributed by atoms with Crippen LogP contribution in [0, 0.1) is 11.6 Å². The zero-order chi connectivity index (χ0) is 16.1. The first-order valence-corrected chi connectivity index (χ1v) is 6.19. The quantitative estimate of drug-likeness (QED) is 0.816. The van der Waals surface area contributed by atoms with Crippen LogP contribution >= 0.6 is 0 Å². The lowest BCUT2D eigenvalue weighted by atomic mass is 10.2. The Kier molecular flexibility index (Phi) is 4.62. The number of nitrogens with zero attached hydrogens (tertiary/aromatic N) is 2. The van der Waals surface area contributed by atoms with E-state index in [9.17, 15) is 18.4 Å². The molecule has 0 spiro atoms. The zero-order valence-electron chi connectivity index (χ0n) is 11.3. The van der Waals surface area contributed by atoms with Gasteiger partial charge in [-0.2, -0.15) is 5.10 Å². The van der Waals surface area contributed by atoms with Gasteiger partial charge in [-0.3, -0.25) is 14.3 Å². The number of nitrogens with two attached hydrogens (primary N) is 1. The number of aromatic nitrogens is 2. The molecule has 114 valence electrons. The number of hydrogen-bond acceptors (Lipinski definition) is 3. The highest BCUT2D eigenvalue weighted by molar-refractivity contribution is 6.01. The molecule has 0 aliphatic carbocycles. The fourth-order valence-corrected chi connectivity index (χ4v) is 1.69. The van der Waals surface area contributed by atoms with Gasteiger partial charge in [0.05, 0.1) is 11.9 Å². The number of carbonyl (C=O) groups is 2. The van der Waals surface area contributed by atoms with E-state index in [1.807, 2.05) is 0 Å². The molecule has 6 nitrogen and oxygen atoms in total. The van der Waals surface area contributed by atoms with E-state index in [-0.39, 0.29) is 12.1 Å². The number of benzene rings is 1. The summed E-state index contributed by atoms with van der Waals surface area (Å²) >= 11 is 0. The van der Waals surface area contributed by atoms with Crippen molar-refractivity contribution < 1.29 is 18.4 Å². The smallest absolute Gasteiger partial charge is 0.248 e. The molecule has 0 fully saturated rings. The third kappa shape index (κ3) is 3.98. The van der Waals surface area contributed by atoms with E-state index in [1.54, 1.807) is 0 Å². The van der Waals surface area contributed by atoms with Gasteiger partial charge in [0.1, 0.15) is 18.2 Å². The van der Waals surface area contributed by atoms with Crippen molar-refractivity contribution in [1.29, 1.82) is 0 Å². The largest absolute Gasteiger partial charge is 0.368 e. The lowest BCUT2D eigenvalue weighted by Crippen LogP contribution is -2.18. The van der Waals surface area contributed by atoms with Crippen molar-refractivity contribution in [2.45, 2.75) is 6.54 Å². The van der Waals surface area contributed by atoms with E-state index < -0.39 is 23.4 Å². The molecule has 0 bridgehead atoms. The third-order valence-electron chi connectivity index (χ3n) is 2.62. The molecule has 0 saturated heterocycles. The molecule has 2 aromatic rings. The summed E-state index contributed by atoms with van der Waals surface area (Å²) in [6.45, 7) is -0.119. The van der Waals surface area contributed by atoms with Crippen molar-refractivity contribution in [3.63, 3.8) is 0 Å². The van der Waals surface area contributed by atoms with Crippen LogP contribution in [0.4, 0.5) is 14.5 Å². The summed E-state index contributed by atoms with van der Waals surface area (Å²) in [6.07, 6.45) is 4.75. The summed E-state index contributed by atoms with van der Waals surface area (Å²) < 4.78 is 28.0. The number of carbonyl (C=O) groups excluding carboxylic acids is 2. The molecule has 0 aliphatic heterocycles. The van der Waals surface area contributed by atoms with Crippen molar-refractivity contribution in [3.05, 3.63) is 53.9 Å². The van der Waals surface area contributed by atoms with Gasteiger partial charge in [-0.05, 0) is 18.2 Å². The normalized spacial score (nSPS) is 10.8. The molecule has 0 aliphatic rings. The molecule has 2 rings (SSSR count). The van der Waals surface area contributed by atoms with Crippen molar-refractivity contribution >= 4 is 23.6 Å². The van der Waals surface area contributed by atoms with Gasteiger partial charge < -0.3 is 11.1 Å². The number of anilines is 1. The Morgan fingerprint density at radius 2 is 2.00 bits per heavy atom. The lowest BCUT2D eigenvalue weighted by molar-refractivity contribution is -0.118. The number of hydrogen-bond donors (Lipinski definition) is 2. The summed E-state index contributed by atoms with van der Waals surface area (Å²) in [6, 6.07) is 3.41. The Morgan fingerprint density at radius 1 is 1.32 bits per heavy atom. The van der Waals surface area contributed by atoms with Gasteiger partial charge in [0, 0.05) is 17.8 Å². The molecule has 0 unspecified atom stereocenters. The van der Waals surface area contributed by atoms with Gasteiger partial charge in [-0.25, -0.2) is 8.78 Å². The van der Waals surface area contributed by atoms with Crippen LogP contribution in [0.1, 0.15) is 5.56 Å². The first kappa shape index (κ1) is 15.4. The molecular weight excluding hydrogens is 294 g/mol. The molecule has 1 aromatic carbocycles. The van der Waals surface area contributed by atoms with Crippen molar-refractivity contribution in [3.8, 4) is 0 Å². The summed E-state index contributed by atoms with van der Waals surface area (Å²) in [7, 11) is 0. The van der Waals surface area contributed by atoms with Crippen LogP contribution in [0.3, 0.4) is 0 Å². The van der Waals surface area contributed by atoms with Gasteiger partial charge in [-0.1, -0.05) is 6.07 Å². The maximum atomic E-state index is 13.4. The van der Waals surface area contributed by atoms with E-state index in [4.69, 9.17) is 5.73 Å². The predicted molar refractivity (Wildman–Crippen MR) is 75.4 cm³/mol. The Morgan fingerprint density at radius 3 is 2.64 bits per heavy atom. The number of halogens is 2. The molecule has 3 N–H and O–H groups in total. The molecular formula is C14H12F2N4O2. The number of amides is 2. The topological polar surface area (TPSA) is 90.0 Å². The zero-order valence-corrected chi connectivity index (χ0v) is 11.3. The minimum absolute atomic E-state index is 0.119. The Balaban J connectivity index is 2.02. The summed E-state index contributed by atoms with van der Waals surface area (Å²) in [4.78, 5) is 22.4. The SMILES string of the molecule is NC(=O)Cn1cc(NC(=O)/C=C/c2c(F)cccc2F)cn1. The number of nitrogens with one attached hydrogen (secondary N) is 1. The molecule has 0 radical (unpaired) electrons. The lowest BCUT2D eigenvalue weighted by Gasteiger charge is -1.99. The fraction of sp³-hybridized carbons (Fsp3) is 0.0714. The average Bonchev–Trinajstić information content (AvgIpc) is 2.84. The van der Waals surface area contributed by atoms with Crippen LogP contribution in [0.25, 0.3) is 6.08 Å². The van der Waals surface area contributed by atoms with E-state index in [0.29, 0.717) is 5.69 Å². The highest BCUT2D eigenvalue weighted by Gasteiger charge is 2.06. The van der Waals surface area contributed by atoms with E-state index in [1.165, 1.54) is 23.1 Å². The third-order valence-corrected chi connectivity index (χ3v) is 2.62. The maximum absolute atomic E-state index is 13.4. The monoisotopic (exact) mass is 306 g/mol. The molecule has 0 atom stereocenters. The first-order chi connectivity index (χ1) is 10.5. The minimum atomic E-state index is -0.765. The van der Waals surface area contributed by atoms with E-state index >= 15 is 0 Å². The second-order valence-electron chi connectivity index (χ2n) is 4.35. The van der Waals surface area contributed by atoms with Gasteiger partial charge in [-0.15, -0.1) is 0 Å². The summed E-state index contributed by atoms with van der Waals surface area (Å²) in [5, 5.41) is 6.25. The van der Waals surface area contributed by atoms with Gasteiger partial charge in [0.15, 0.2) is 0 Å². The first-order valence-electron chi connectivity index (χ1n) is 6.19. The van der Waals surface area contributed by atoms with Crippen LogP contribution in [0.5, 0.6) is 0 Å². The fourth-order valence-electron chi connectivity index (χ4n) is 1.69. The number of primary amides is 1. The molecule has 1 heterocycles. The van der Waals surface area contributed by atoms with Crippen LogP contribution in [0.2, 0.25) is 0 Å². The second-order valence-corrected chi connectivity index (χ2v) is 4.35. The van der Waals surface area contributed by atoms with Gasteiger partial charge in [0.2, 0.25) is 11.8 Å². The molecule has 22 heavy (non-hydrogen) atoms. The Bertz CT molecular complexity index is 720. The predicted octanol–water partition coefficient (Wildman–Crippen LogP) is 1.30. The number of rotatable bonds is 5. The molecule has 0 saturated carbocycles. The van der Waals surface area contributed by atoms with Crippen molar-refractivity contribution in [1.82, 2.24) is 9.78 Å². The maximum Gasteiger partial charge on any atom is 0.248 e. The van der Waals surface area contributed by atoms with Crippen molar-refractivity contribution in [2.24, 2.45) is 5.73 Å². The summed E-state index contributed by atoms with van der Waals surface area (Å²) in [5.41, 5.74) is 5.03. The second kappa shape index (κ2) is 6.61. The van der Waals surface area contributed by atoms with Crippen molar-refractivity contribution in [2.75, 3.05) is 5.32 Å². The molecule has 1 aromatic heterocycles. The Hall–Kier alpha value is -3.03. The molecule has 8 heteroatoms. The van der Waals surface area contributed by atoms with Gasteiger partial charge >= 0.3 is 0 Å². The van der Waals surface area contributed by atoms with E-state index in [2.05, 4.69) is 10.4 Å². The van der Waals surface area contributed by atoms with Gasteiger partial charge in [0.25, 0.3) is 0 Å². The summed E-state index contributed by atoms with van der Waals surface area (Å²) in [5.74, 6) is -2.70. The highest BCUT2D eigenvalue weighted by atomic mass is 19.1. The van der Waals surface area contributed by atoms with Crippen LogP contribution in [-0.4, -0.2) is 21.6 Å². The van der Waals surface area contributed by atoms with E-state index in [0.717, 1.165) is 24.3 Å². The molecule has 2 amide bonds. The average molecular weight is 306 g/mol. The standard InChI is InChI=1S/C14H12F2N4O2/c15-11-2-1-3-12(16)10(11)4-5-14(22)19-9-6-18-20(7-9)8-13(17)21/h1-7H,8H2,(H2,17,21)(H,19,22)/b5-4+. The van der Waals surface area contributed by atoms with Crippen LogP contribution in [-0.2, 0) is 16.1 Å². The Labute approximate surface area is 124 Å².